The van der Waals surface area contributed by atoms with E-state index in [2.05, 4.69) is 6.92 Å². The van der Waals surface area contributed by atoms with Gasteiger partial charge in [-0.3, -0.25) is 0 Å². The monoisotopic (exact) mass is 313 g/mol. The molecule has 0 aliphatic rings. The first-order valence-corrected chi connectivity index (χ1v) is 7.76. The van der Waals surface area contributed by atoms with Gasteiger partial charge in [0.15, 0.2) is 0 Å². The van der Waals surface area contributed by atoms with E-state index >= 15 is 0 Å². The molecule has 120 valence electrons. The van der Waals surface area contributed by atoms with Crippen LogP contribution in [0.1, 0.15) is 68.6 Å². The highest BCUT2D eigenvalue weighted by atomic mass is 35.5. The van der Waals surface area contributed by atoms with Crippen molar-refractivity contribution < 1.29 is 9.53 Å². The van der Waals surface area contributed by atoms with Crippen LogP contribution in [0.15, 0.2) is 24.3 Å². The predicted octanol–water partition coefficient (Wildman–Crippen LogP) is 4.99. The number of nitrogen functional groups attached to an aromatic ring is 1. The van der Waals surface area contributed by atoms with Crippen LogP contribution in [0.5, 0.6) is 0 Å². The number of anilines is 1. The third-order valence-electron chi connectivity index (χ3n) is 3.38. The maximum atomic E-state index is 11.7. The van der Waals surface area contributed by atoms with Crippen LogP contribution in [0.2, 0.25) is 0 Å². The number of benzene rings is 1. The van der Waals surface area contributed by atoms with E-state index in [-0.39, 0.29) is 18.4 Å². The quantitative estimate of drug-likeness (QED) is 0.376. The summed E-state index contributed by atoms with van der Waals surface area (Å²) in [5.74, 6) is -0.257. The van der Waals surface area contributed by atoms with Crippen LogP contribution in [0, 0.1) is 0 Å². The largest absolute Gasteiger partial charge is 0.462 e. The second-order valence-corrected chi connectivity index (χ2v) is 5.23. The second kappa shape index (κ2) is 12.5. The Kier molecular flexibility index (Phi) is 11.8. The standard InChI is InChI=1S/C17H27NO2.ClH/c1-2-3-4-5-6-7-8-9-14-20-17(19)15-10-12-16(18)13-11-15;/h10-13H,2-9,14,18H2,1H3;1H. The Bertz CT molecular complexity index is 379. The predicted molar refractivity (Wildman–Crippen MR) is 91.0 cm³/mol. The van der Waals surface area contributed by atoms with Crippen LogP contribution in [0.4, 0.5) is 5.69 Å². The molecule has 0 fully saturated rings. The number of hydrogen-bond donors (Lipinski definition) is 1. The first-order chi connectivity index (χ1) is 9.74. The smallest absolute Gasteiger partial charge is 0.338 e. The fourth-order valence-electron chi connectivity index (χ4n) is 2.10. The number of hydrogen-bond acceptors (Lipinski definition) is 3. The summed E-state index contributed by atoms with van der Waals surface area (Å²) < 4.78 is 5.23. The zero-order chi connectivity index (χ0) is 14.6. The summed E-state index contributed by atoms with van der Waals surface area (Å²) in [5.41, 5.74) is 6.80. The molecule has 0 amide bonds. The molecule has 0 radical (unpaired) electrons. The summed E-state index contributed by atoms with van der Waals surface area (Å²) in [5, 5.41) is 0. The lowest BCUT2D eigenvalue weighted by Gasteiger charge is -2.05. The van der Waals surface area contributed by atoms with Gasteiger partial charge in [-0.25, -0.2) is 4.79 Å². The first kappa shape index (κ1) is 19.8. The highest BCUT2D eigenvalue weighted by Gasteiger charge is 2.05. The molecule has 0 unspecified atom stereocenters. The molecular weight excluding hydrogens is 286 g/mol. The Morgan fingerprint density at radius 3 is 2.05 bits per heavy atom. The van der Waals surface area contributed by atoms with Gasteiger partial charge >= 0.3 is 5.97 Å². The summed E-state index contributed by atoms with van der Waals surface area (Å²) in [6.45, 7) is 2.74. The van der Waals surface area contributed by atoms with E-state index in [9.17, 15) is 4.79 Å². The minimum absolute atomic E-state index is 0. The van der Waals surface area contributed by atoms with Gasteiger partial charge in [-0.1, -0.05) is 51.9 Å². The van der Waals surface area contributed by atoms with Gasteiger partial charge in [0, 0.05) is 5.69 Å². The lowest BCUT2D eigenvalue weighted by atomic mass is 10.1. The van der Waals surface area contributed by atoms with E-state index in [1.807, 2.05) is 0 Å². The van der Waals surface area contributed by atoms with Crippen molar-refractivity contribution in [3.05, 3.63) is 29.8 Å². The van der Waals surface area contributed by atoms with Crippen LogP contribution in [-0.4, -0.2) is 12.6 Å². The molecule has 0 aromatic heterocycles. The second-order valence-electron chi connectivity index (χ2n) is 5.23. The minimum Gasteiger partial charge on any atom is -0.462 e. The molecule has 0 atom stereocenters. The molecule has 2 N–H and O–H groups in total. The van der Waals surface area contributed by atoms with E-state index in [1.54, 1.807) is 24.3 Å². The van der Waals surface area contributed by atoms with Gasteiger partial charge in [-0.15, -0.1) is 12.4 Å². The Morgan fingerprint density at radius 1 is 0.952 bits per heavy atom. The molecule has 0 saturated heterocycles. The molecule has 3 nitrogen and oxygen atoms in total. The molecule has 0 heterocycles. The van der Waals surface area contributed by atoms with Gasteiger partial charge in [0.05, 0.1) is 12.2 Å². The van der Waals surface area contributed by atoms with Gasteiger partial charge in [-0.05, 0) is 30.7 Å². The number of unbranched alkanes of at least 4 members (excludes halogenated alkanes) is 7. The van der Waals surface area contributed by atoms with Crippen molar-refractivity contribution in [3.8, 4) is 0 Å². The maximum Gasteiger partial charge on any atom is 0.338 e. The van der Waals surface area contributed by atoms with Crippen molar-refractivity contribution in [2.75, 3.05) is 12.3 Å². The molecule has 1 rings (SSSR count). The number of nitrogens with two attached hydrogens (primary N) is 1. The van der Waals surface area contributed by atoms with Crippen LogP contribution < -0.4 is 5.73 Å². The Morgan fingerprint density at radius 2 is 1.48 bits per heavy atom. The van der Waals surface area contributed by atoms with Crippen molar-refractivity contribution in [2.45, 2.75) is 58.3 Å². The third kappa shape index (κ3) is 9.35. The van der Waals surface area contributed by atoms with Crippen LogP contribution in [0.25, 0.3) is 0 Å². The molecular formula is C17H28ClNO2. The first-order valence-electron chi connectivity index (χ1n) is 7.76. The van der Waals surface area contributed by atoms with Crippen molar-refractivity contribution in [1.82, 2.24) is 0 Å². The Labute approximate surface area is 134 Å². The summed E-state index contributed by atoms with van der Waals surface area (Å²) in [6.07, 6.45) is 9.95. The summed E-state index contributed by atoms with van der Waals surface area (Å²) in [7, 11) is 0. The average molecular weight is 314 g/mol. The van der Waals surface area contributed by atoms with E-state index in [0.29, 0.717) is 17.9 Å². The van der Waals surface area contributed by atoms with Gasteiger partial charge in [0.25, 0.3) is 0 Å². The number of carbonyl (C=O) groups excluding carboxylic acids is 1. The van der Waals surface area contributed by atoms with Crippen molar-refractivity contribution in [2.24, 2.45) is 0 Å². The Balaban J connectivity index is 0.00000400. The average Bonchev–Trinajstić information content (AvgIpc) is 2.46. The van der Waals surface area contributed by atoms with Crippen molar-refractivity contribution >= 4 is 24.1 Å². The molecule has 1 aromatic rings. The summed E-state index contributed by atoms with van der Waals surface area (Å²) in [4.78, 5) is 11.7. The molecule has 21 heavy (non-hydrogen) atoms. The van der Waals surface area contributed by atoms with E-state index in [1.165, 1.54) is 38.5 Å². The SMILES string of the molecule is CCCCCCCCCCOC(=O)c1ccc(N)cc1.Cl. The van der Waals surface area contributed by atoms with Crippen molar-refractivity contribution in [3.63, 3.8) is 0 Å². The maximum absolute atomic E-state index is 11.7. The summed E-state index contributed by atoms with van der Waals surface area (Å²) in [6, 6.07) is 6.83. The fraction of sp³-hybridized carbons (Fsp3) is 0.588. The molecule has 0 aliphatic heterocycles. The zero-order valence-corrected chi connectivity index (χ0v) is 13.8. The van der Waals surface area contributed by atoms with E-state index < -0.39 is 0 Å². The molecule has 0 bridgehead atoms. The number of ether oxygens (including phenoxy) is 1. The highest BCUT2D eigenvalue weighted by molar-refractivity contribution is 5.89. The van der Waals surface area contributed by atoms with Crippen LogP contribution in [0.3, 0.4) is 0 Å². The van der Waals surface area contributed by atoms with Gasteiger partial charge in [-0.2, -0.15) is 0 Å². The minimum atomic E-state index is -0.257. The molecule has 4 heteroatoms. The van der Waals surface area contributed by atoms with Gasteiger partial charge < -0.3 is 10.5 Å². The lowest BCUT2D eigenvalue weighted by molar-refractivity contribution is 0.0497. The third-order valence-corrected chi connectivity index (χ3v) is 3.38. The Hall–Kier alpha value is -1.22. The van der Waals surface area contributed by atoms with E-state index in [0.717, 1.165) is 12.8 Å². The fourth-order valence-corrected chi connectivity index (χ4v) is 2.10. The number of esters is 1. The summed E-state index contributed by atoms with van der Waals surface area (Å²) >= 11 is 0. The van der Waals surface area contributed by atoms with Gasteiger partial charge in [0.2, 0.25) is 0 Å². The lowest BCUT2D eigenvalue weighted by Crippen LogP contribution is -2.06. The van der Waals surface area contributed by atoms with Crippen LogP contribution in [-0.2, 0) is 4.74 Å². The number of rotatable bonds is 10. The topological polar surface area (TPSA) is 52.3 Å². The van der Waals surface area contributed by atoms with Gasteiger partial charge in [0.1, 0.15) is 0 Å². The molecule has 0 aliphatic carbocycles. The molecule has 0 spiro atoms. The van der Waals surface area contributed by atoms with Crippen LogP contribution >= 0.6 is 12.4 Å². The van der Waals surface area contributed by atoms with Crippen molar-refractivity contribution in [1.29, 1.82) is 0 Å². The number of halogens is 1. The highest BCUT2D eigenvalue weighted by Crippen LogP contribution is 2.10. The zero-order valence-electron chi connectivity index (χ0n) is 13.0. The number of carbonyl (C=O) groups is 1. The molecule has 0 saturated carbocycles. The normalized spacial score (nSPS) is 9.95. The molecule has 1 aromatic carbocycles. The van der Waals surface area contributed by atoms with E-state index in [4.69, 9.17) is 10.5 Å².